The number of allylic oxidation sites excluding steroid dienone is 8. The molecule has 0 aliphatic rings. The van der Waals surface area contributed by atoms with Crippen molar-refractivity contribution < 1.29 is 32.8 Å². The summed E-state index contributed by atoms with van der Waals surface area (Å²) in [6, 6.07) is 0. The van der Waals surface area contributed by atoms with E-state index in [1.807, 2.05) is 0 Å². The fraction of sp³-hybridized carbons (Fsp3) is 0.743. The summed E-state index contributed by atoms with van der Waals surface area (Å²) in [6.07, 6.45) is 36.3. The van der Waals surface area contributed by atoms with Gasteiger partial charge in [0.15, 0.2) is 0 Å². The molecule has 8 nitrogen and oxygen atoms in total. The van der Waals surface area contributed by atoms with Gasteiger partial charge in [-0.15, -0.1) is 0 Å². The van der Waals surface area contributed by atoms with Gasteiger partial charge in [0.05, 0.1) is 19.8 Å². The molecule has 9 heteroatoms. The van der Waals surface area contributed by atoms with Crippen molar-refractivity contribution in [2.45, 2.75) is 136 Å². The average molecular weight is 642 g/mol. The number of rotatable bonds is 32. The van der Waals surface area contributed by atoms with Gasteiger partial charge in [0.25, 0.3) is 0 Å². The molecule has 2 atom stereocenters. The van der Waals surface area contributed by atoms with Crippen molar-refractivity contribution in [3.63, 3.8) is 0 Å². The van der Waals surface area contributed by atoms with Gasteiger partial charge in [-0.1, -0.05) is 120 Å². The first-order valence-corrected chi connectivity index (χ1v) is 18.6. The van der Waals surface area contributed by atoms with Crippen molar-refractivity contribution in [1.82, 2.24) is 0 Å². The molecule has 2 unspecified atom stereocenters. The number of phosphoric acid groups is 1. The zero-order valence-electron chi connectivity index (χ0n) is 27.9. The number of hydrogen-bond donors (Lipinski definition) is 2. The quantitative estimate of drug-likeness (QED) is 0.0323. The van der Waals surface area contributed by atoms with E-state index in [-0.39, 0.29) is 32.3 Å². The smallest absolute Gasteiger partial charge is 0.457 e. The molecule has 0 fully saturated rings. The summed E-state index contributed by atoms with van der Waals surface area (Å²) in [5, 5.41) is 0. The molecule has 0 rings (SSSR count). The molecule has 0 heterocycles. The summed E-state index contributed by atoms with van der Waals surface area (Å²) in [7, 11) is -4.25. The number of unbranched alkanes of at least 4 members (excludes halogenated alkanes) is 11. The molecule has 256 valence electrons. The maximum atomic E-state index is 12.1. The maximum Gasteiger partial charge on any atom is 0.472 e. The largest absolute Gasteiger partial charge is 0.472 e. The highest BCUT2D eigenvalue weighted by Crippen LogP contribution is 2.43. The molecule has 0 aromatic heterocycles. The van der Waals surface area contributed by atoms with Crippen molar-refractivity contribution in [3.8, 4) is 0 Å². The second-order valence-corrected chi connectivity index (χ2v) is 12.5. The molecule has 0 aliphatic carbocycles. The van der Waals surface area contributed by atoms with Crippen LogP contribution in [0.3, 0.4) is 0 Å². The van der Waals surface area contributed by atoms with Crippen LogP contribution >= 0.6 is 7.82 Å². The van der Waals surface area contributed by atoms with Crippen LogP contribution in [0.5, 0.6) is 0 Å². The van der Waals surface area contributed by atoms with Crippen LogP contribution in [0.25, 0.3) is 0 Å². The van der Waals surface area contributed by atoms with Crippen molar-refractivity contribution >= 4 is 13.8 Å². The molecule has 3 N–H and O–H groups in total. The van der Waals surface area contributed by atoms with Gasteiger partial charge in [-0.25, -0.2) is 4.57 Å². The van der Waals surface area contributed by atoms with Crippen molar-refractivity contribution in [2.75, 3.05) is 33.0 Å². The zero-order chi connectivity index (χ0) is 32.4. The number of ether oxygens (including phenoxy) is 2. The van der Waals surface area contributed by atoms with Crippen molar-refractivity contribution in [1.29, 1.82) is 0 Å². The maximum absolute atomic E-state index is 12.1. The summed E-state index contributed by atoms with van der Waals surface area (Å²) < 4.78 is 32.8. The van der Waals surface area contributed by atoms with Crippen molar-refractivity contribution in [3.05, 3.63) is 48.6 Å². The molecule has 0 amide bonds. The van der Waals surface area contributed by atoms with Gasteiger partial charge in [0.1, 0.15) is 6.10 Å². The van der Waals surface area contributed by atoms with E-state index in [2.05, 4.69) is 62.5 Å². The van der Waals surface area contributed by atoms with Gasteiger partial charge in [-0.3, -0.25) is 13.8 Å². The fourth-order valence-electron chi connectivity index (χ4n) is 4.28. The second kappa shape index (κ2) is 32.8. The minimum atomic E-state index is -4.25. The number of phosphoric ester groups is 1. The van der Waals surface area contributed by atoms with E-state index in [9.17, 15) is 14.3 Å². The van der Waals surface area contributed by atoms with Crippen LogP contribution in [0.2, 0.25) is 0 Å². The first-order chi connectivity index (χ1) is 21.4. The number of carbonyl (C=O) groups is 1. The Bertz CT molecular complexity index is 813. The molecule has 0 aromatic carbocycles. The number of hydrogen-bond acceptors (Lipinski definition) is 7. The molecule has 0 spiro atoms. The lowest BCUT2D eigenvalue weighted by molar-refractivity contribution is -0.154. The molecule has 0 saturated heterocycles. The Morgan fingerprint density at radius 2 is 1.27 bits per heavy atom. The van der Waals surface area contributed by atoms with Gasteiger partial charge >= 0.3 is 13.8 Å². The first kappa shape index (κ1) is 42.5. The van der Waals surface area contributed by atoms with Gasteiger partial charge < -0.3 is 20.1 Å². The van der Waals surface area contributed by atoms with E-state index in [1.54, 1.807) is 0 Å². The van der Waals surface area contributed by atoms with Crippen LogP contribution in [0.4, 0.5) is 0 Å². The number of esters is 1. The van der Waals surface area contributed by atoms with Crippen LogP contribution in [-0.2, 0) is 27.9 Å². The third-order valence-electron chi connectivity index (χ3n) is 6.76. The first-order valence-electron chi connectivity index (χ1n) is 17.1. The fourth-order valence-corrected chi connectivity index (χ4v) is 5.04. The lowest BCUT2D eigenvalue weighted by Gasteiger charge is -2.20. The Hall–Kier alpha value is -1.54. The summed E-state index contributed by atoms with van der Waals surface area (Å²) in [4.78, 5) is 21.9. The lowest BCUT2D eigenvalue weighted by Crippen LogP contribution is -2.28. The van der Waals surface area contributed by atoms with Crippen LogP contribution < -0.4 is 5.73 Å². The van der Waals surface area contributed by atoms with Crippen LogP contribution in [0.1, 0.15) is 129 Å². The SMILES string of the molecule is CC/C=C\C/C=C\C/C=C\C/C=C\CCCCCCCCCCCOCC(COP(=O)(O)OCCN)OC(=O)CCCCC. The normalized spacial score (nSPS) is 14.4. The minimum absolute atomic E-state index is 0.0973. The molecule has 0 radical (unpaired) electrons. The second-order valence-electron chi connectivity index (χ2n) is 11.0. The predicted octanol–water partition coefficient (Wildman–Crippen LogP) is 9.29. The van der Waals surface area contributed by atoms with Crippen molar-refractivity contribution in [2.24, 2.45) is 5.73 Å². The Morgan fingerprint density at radius 3 is 1.86 bits per heavy atom. The topological polar surface area (TPSA) is 117 Å². The summed E-state index contributed by atoms with van der Waals surface area (Å²) in [5.41, 5.74) is 5.30. The molecular formula is C35H64NO7P. The molecule has 0 saturated carbocycles. The van der Waals surface area contributed by atoms with E-state index < -0.39 is 13.9 Å². The molecule has 44 heavy (non-hydrogen) atoms. The highest BCUT2D eigenvalue weighted by Gasteiger charge is 2.25. The van der Waals surface area contributed by atoms with Crippen LogP contribution in [0.15, 0.2) is 48.6 Å². The van der Waals surface area contributed by atoms with Gasteiger partial charge in [-0.05, 0) is 51.4 Å². The Morgan fingerprint density at radius 1 is 0.705 bits per heavy atom. The van der Waals surface area contributed by atoms with Gasteiger partial charge in [-0.2, -0.15) is 0 Å². The third kappa shape index (κ3) is 31.9. The highest BCUT2D eigenvalue weighted by atomic mass is 31.2. The van der Waals surface area contributed by atoms with E-state index >= 15 is 0 Å². The molecular weight excluding hydrogens is 577 g/mol. The van der Waals surface area contributed by atoms with E-state index in [1.165, 1.54) is 51.4 Å². The zero-order valence-corrected chi connectivity index (χ0v) is 28.8. The summed E-state index contributed by atoms with van der Waals surface area (Å²) in [5.74, 6) is -0.360. The van der Waals surface area contributed by atoms with Crippen LogP contribution in [0, 0.1) is 0 Å². The minimum Gasteiger partial charge on any atom is -0.457 e. The Balaban J connectivity index is 3.82. The Labute approximate surface area is 269 Å². The number of nitrogens with two attached hydrogens (primary N) is 1. The summed E-state index contributed by atoms with van der Waals surface area (Å²) >= 11 is 0. The Kier molecular flexibility index (Phi) is 31.7. The van der Waals surface area contributed by atoms with E-state index in [0.29, 0.717) is 13.0 Å². The van der Waals surface area contributed by atoms with Crippen LogP contribution in [-0.4, -0.2) is 49.9 Å². The predicted molar refractivity (Wildman–Crippen MR) is 182 cm³/mol. The highest BCUT2D eigenvalue weighted by molar-refractivity contribution is 7.47. The van der Waals surface area contributed by atoms with E-state index in [0.717, 1.165) is 57.8 Å². The molecule has 0 aliphatic heterocycles. The van der Waals surface area contributed by atoms with Gasteiger partial charge in [0, 0.05) is 19.6 Å². The summed E-state index contributed by atoms with van der Waals surface area (Å²) in [6.45, 7) is 4.59. The standard InChI is InChI=1S/C35H64NO7P/c1-3-5-7-8-9-10-11-12-13-14-15-16-17-18-19-20-21-22-23-24-25-27-30-40-32-34(43-35(37)28-26-6-4-2)33-42-44(38,39)41-31-29-36/h5,7,9-10,12-13,15-16,34H,3-4,6,8,11,14,17-33,36H2,1-2H3,(H,38,39)/b7-5-,10-9-,13-12-,16-15-. The van der Waals surface area contributed by atoms with Gasteiger partial charge in [0.2, 0.25) is 0 Å². The lowest BCUT2D eigenvalue weighted by atomic mass is 10.1. The van der Waals surface area contributed by atoms with E-state index in [4.69, 9.17) is 24.3 Å². The average Bonchev–Trinajstić information content (AvgIpc) is 3.01. The molecule has 0 bridgehead atoms. The third-order valence-corrected chi connectivity index (χ3v) is 7.74. The molecule has 0 aromatic rings. The monoisotopic (exact) mass is 641 g/mol. The number of carbonyl (C=O) groups excluding carboxylic acids is 1.